The maximum atomic E-state index is 14.7. The van der Waals surface area contributed by atoms with Crippen LogP contribution >= 0.6 is 0 Å². The molecule has 1 saturated heterocycles. The van der Waals surface area contributed by atoms with Crippen LogP contribution in [0, 0.1) is 5.82 Å². The molecule has 0 aromatic heterocycles. The van der Waals surface area contributed by atoms with Crippen LogP contribution in [-0.4, -0.2) is 48.8 Å². The van der Waals surface area contributed by atoms with Crippen molar-refractivity contribution in [1.82, 2.24) is 15.5 Å². The van der Waals surface area contributed by atoms with E-state index in [1.165, 1.54) is 24.3 Å². The SMILES string of the molecule is CN/C=C\C(=[NH2+])NC(=O)c1cc(Oc2ccc(C(=O)N3CCC3)cc2F)cc(OC(C)C)c1. The molecule has 8 nitrogen and oxygen atoms in total. The van der Waals surface area contributed by atoms with Crippen molar-refractivity contribution in [1.29, 1.82) is 0 Å². The van der Waals surface area contributed by atoms with E-state index in [1.54, 1.807) is 30.3 Å². The third kappa shape index (κ3) is 6.31. The normalized spacial score (nSPS) is 12.9. The lowest BCUT2D eigenvalue weighted by Gasteiger charge is -2.30. The van der Waals surface area contributed by atoms with Gasteiger partial charge in [0.15, 0.2) is 11.6 Å². The number of ether oxygens (including phenoxy) is 2. The molecule has 1 aliphatic heterocycles. The number of halogens is 1. The molecule has 1 fully saturated rings. The lowest BCUT2D eigenvalue weighted by Crippen LogP contribution is -2.49. The second kappa shape index (κ2) is 10.6. The number of hydrogen-bond acceptors (Lipinski definition) is 5. The first-order chi connectivity index (χ1) is 15.8. The molecule has 1 aliphatic rings. The Morgan fingerprint density at radius 2 is 1.85 bits per heavy atom. The average molecular weight is 456 g/mol. The highest BCUT2D eigenvalue weighted by Crippen LogP contribution is 2.30. The highest BCUT2D eigenvalue weighted by molar-refractivity contribution is 6.08. The van der Waals surface area contributed by atoms with E-state index in [0.717, 1.165) is 12.5 Å². The average Bonchev–Trinajstić information content (AvgIpc) is 2.71. The Morgan fingerprint density at radius 1 is 1.12 bits per heavy atom. The monoisotopic (exact) mass is 455 g/mol. The van der Waals surface area contributed by atoms with Gasteiger partial charge < -0.3 is 19.7 Å². The van der Waals surface area contributed by atoms with Gasteiger partial charge in [-0.25, -0.2) is 14.5 Å². The van der Waals surface area contributed by atoms with Gasteiger partial charge in [-0.15, -0.1) is 0 Å². The fourth-order valence-corrected chi connectivity index (χ4v) is 3.07. The van der Waals surface area contributed by atoms with Crippen LogP contribution in [0.5, 0.6) is 17.2 Å². The summed E-state index contributed by atoms with van der Waals surface area (Å²) in [5, 5.41) is 11.1. The van der Waals surface area contributed by atoms with Crippen molar-refractivity contribution in [3.63, 3.8) is 0 Å². The van der Waals surface area contributed by atoms with Gasteiger partial charge in [0.1, 0.15) is 11.5 Å². The van der Waals surface area contributed by atoms with Crippen LogP contribution in [0.3, 0.4) is 0 Å². The zero-order valence-corrected chi connectivity index (χ0v) is 18.9. The fourth-order valence-electron chi connectivity index (χ4n) is 3.07. The van der Waals surface area contributed by atoms with E-state index < -0.39 is 11.7 Å². The maximum Gasteiger partial charge on any atom is 0.339 e. The summed E-state index contributed by atoms with van der Waals surface area (Å²) in [6.45, 7) is 5.04. The predicted octanol–water partition coefficient (Wildman–Crippen LogP) is 1.87. The third-order valence-electron chi connectivity index (χ3n) is 4.75. The largest absolute Gasteiger partial charge is 0.491 e. The number of nitrogens with zero attached hydrogens (tertiary/aromatic N) is 1. The number of amidine groups is 1. The zero-order chi connectivity index (χ0) is 24.0. The third-order valence-corrected chi connectivity index (χ3v) is 4.75. The van der Waals surface area contributed by atoms with Gasteiger partial charge in [-0.1, -0.05) is 0 Å². The molecule has 0 spiro atoms. The molecule has 3 rings (SSSR count). The topological polar surface area (TPSA) is 105 Å². The maximum absolute atomic E-state index is 14.7. The van der Waals surface area contributed by atoms with E-state index in [4.69, 9.17) is 14.9 Å². The van der Waals surface area contributed by atoms with Gasteiger partial charge in [-0.3, -0.25) is 10.2 Å². The van der Waals surface area contributed by atoms with E-state index in [-0.39, 0.29) is 40.5 Å². The molecule has 0 aliphatic carbocycles. The highest BCUT2D eigenvalue weighted by atomic mass is 19.1. The van der Waals surface area contributed by atoms with Crippen molar-refractivity contribution in [3.05, 3.63) is 65.6 Å². The van der Waals surface area contributed by atoms with Crippen molar-refractivity contribution in [2.24, 2.45) is 0 Å². The molecule has 0 saturated carbocycles. The van der Waals surface area contributed by atoms with E-state index >= 15 is 0 Å². The quantitative estimate of drug-likeness (QED) is 0.416. The van der Waals surface area contributed by atoms with Gasteiger partial charge in [0.05, 0.1) is 11.7 Å². The van der Waals surface area contributed by atoms with Gasteiger partial charge in [-0.05, 0) is 50.6 Å². The summed E-state index contributed by atoms with van der Waals surface area (Å²) in [5.74, 6) is -0.739. The van der Waals surface area contributed by atoms with Gasteiger partial charge in [-0.2, -0.15) is 0 Å². The summed E-state index contributed by atoms with van der Waals surface area (Å²) in [5.41, 5.74) is 0.478. The van der Waals surface area contributed by atoms with Gasteiger partial charge in [0.25, 0.3) is 11.7 Å². The Morgan fingerprint density at radius 3 is 2.45 bits per heavy atom. The Labute approximate surface area is 191 Å². The number of nitrogens with two attached hydrogens (primary N) is 1. The van der Waals surface area contributed by atoms with E-state index in [9.17, 15) is 14.0 Å². The molecule has 0 atom stereocenters. The van der Waals surface area contributed by atoms with Crippen LogP contribution in [0.4, 0.5) is 4.39 Å². The smallest absolute Gasteiger partial charge is 0.339 e. The number of rotatable bonds is 8. The number of amides is 2. The van der Waals surface area contributed by atoms with Crippen LogP contribution in [0.2, 0.25) is 0 Å². The molecule has 2 amide bonds. The summed E-state index contributed by atoms with van der Waals surface area (Å²) in [6.07, 6.45) is 3.87. The molecular weight excluding hydrogens is 427 g/mol. The fraction of sp³-hybridized carbons (Fsp3) is 0.292. The molecule has 0 radical (unpaired) electrons. The molecule has 2 aromatic rings. The van der Waals surface area contributed by atoms with E-state index in [1.807, 2.05) is 13.8 Å². The molecule has 0 bridgehead atoms. The summed E-state index contributed by atoms with van der Waals surface area (Å²) in [6, 6.07) is 8.63. The van der Waals surface area contributed by atoms with Crippen LogP contribution in [0.25, 0.3) is 0 Å². The van der Waals surface area contributed by atoms with Crippen molar-refractivity contribution < 1.29 is 28.9 Å². The van der Waals surface area contributed by atoms with Gasteiger partial charge >= 0.3 is 5.91 Å². The molecule has 33 heavy (non-hydrogen) atoms. The number of likely N-dealkylation sites (tertiary alicyclic amines) is 1. The first-order valence-electron chi connectivity index (χ1n) is 10.6. The first kappa shape index (κ1) is 23.8. The minimum absolute atomic E-state index is 0.0776. The summed E-state index contributed by atoms with van der Waals surface area (Å²) >= 11 is 0. The minimum atomic E-state index is -0.683. The highest BCUT2D eigenvalue weighted by Gasteiger charge is 2.23. The lowest BCUT2D eigenvalue weighted by atomic mass is 10.1. The Kier molecular flexibility index (Phi) is 7.66. The molecule has 4 N–H and O–H groups in total. The van der Waals surface area contributed by atoms with Crippen LogP contribution in [0.1, 0.15) is 41.0 Å². The molecule has 174 valence electrons. The zero-order valence-electron chi connectivity index (χ0n) is 18.9. The number of benzene rings is 2. The lowest BCUT2D eigenvalue weighted by molar-refractivity contribution is -0.115. The summed E-state index contributed by atoms with van der Waals surface area (Å²) in [7, 11) is 1.70. The minimum Gasteiger partial charge on any atom is -0.491 e. The van der Waals surface area contributed by atoms with Gasteiger partial charge in [0, 0.05) is 44.0 Å². The molecule has 0 unspecified atom stereocenters. The molecule has 1 heterocycles. The molecule has 9 heteroatoms. The summed E-state index contributed by atoms with van der Waals surface area (Å²) in [4.78, 5) is 26.6. The summed E-state index contributed by atoms with van der Waals surface area (Å²) < 4.78 is 26.1. The number of carbonyl (C=O) groups is 2. The van der Waals surface area contributed by atoms with Crippen molar-refractivity contribution >= 4 is 17.6 Å². The van der Waals surface area contributed by atoms with Crippen LogP contribution < -0.4 is 25.5 Å². The number of carbonyl (C=O) groups excluding carboxylic acids is 2. The standard InChI is InChI=1S/C24H27FN4O4/c1-15(2)32-18-11-17(23(30)28-22(26)7-8-27-3)12-19(14-18)33-21-6-5-16(13-20(21)25)24(31)29-9-4-10-29/h5-8,11-15,27H,4,9-10H2,1-3H3,(H2,26,28,30)/p+1/b8-7-. The molecule has 2 aromatic carbocycles. The van der Waals surface area contributed by atoms with Gasteiger partial charge in [0.2, 0.25) is 0 Å². The second-order valence-corrected chi connectivity index (χ2v) is 7.78. The molecular formula is C24H28FN4O4+. The first-order valence-corrected chi connectivity index (χ1v) is 10.6. The second-order valence-electron chi connectivity index (χ2n) is 7.78. The number of hydrogen-bond donors (Lipinski definition) is 3. The Bertz CT molecular complexity index is 1080. The predicted molar refractivity (Wildman–Crippen MR) is 122 cm³/mol. The van der Waals surface area contributed by atoms with E-state index in [0.29, 0.717) is 18.8 Å². The van der Waals surface area contributed by atoms with Crippen molar-refractivity contribution in [3.8, 4) is 17.2 Å². The van der Waals surface area contributed by atoms with Crippen LogP contribution in [0.15, 0.2) is 48.7 Å². The number of nitrogens with one attached hydrogen (secondary N) is 2. The van der Waals surface area contributed by atoms with Crippen LogP contribution in [-0.2, 0) is 0 Å². The Balaban J connectivity index is 1.83. The van der Waals surface area contributed by atoms with Crippen molar-refractivity contribution in [2.75, 3.05) is 20.1 Å². The Hall–Kier alpha value is -3.88. The van der Waals surface area contributed by atoms with E-state index in [2.05, 4.69) is 10.6 Å². The van der Waals surface area contributed by atoms with Crippen molar-refractivity contribution in [2.45, 2.75) is 26.4 Å².